The van der Waals surface area contributed by atoms with Crippen molar-refractivity contribution in [1.82, 2.24) is 14.5 Å². The van der Waals surface area contributed by atoms with Gasteiger partial charge in [-0.05, 0) is 55.2 Å². The molecule has 1 fully saturated rings. The third-order valence-corrected chi connectivity index (χ3v) is 7.60. The third-order valence-electron chi connectivity index (χ3n) is 7.60. The number of hydrogen-bond donors (Lipinski definition) is 2. The number of carbonyl (C=O) groups excluding carboxylic acids is 1. The first kappa shape index (κ1) is 21.7. The van der Waals surface area contributed by atoms with E-state index in [-0.39, 0.29) is 5.54 Å². The number of hydrogen-bond acceptors (Lipinski definition) is 5. The van der Waals surface area contributed by atoms with Gasteiger partial charge in [0.05, 0.1) is 22.8 Å². The molecule has 0 atom stereocenters. The molecule has 3 N–H and O–H groups in total. The maximum Gasteiger partial charge on any atom is 0.154 e. The molecular formula is C31H25N5O. The monoisotopic (exact) mass is 483 g/mol. The fraction of sp³-hybridized carbons (Fsp3) is 0.129. The predicted octanol–water partition coefficient (Wildman–Crippen LogP) is 6.48. The molecule has 0 amide bonds. The van der Waals surface area contributed by atoms with Crippen LogP contribution in [0.5, 0.6) is 0 Å². The summed E-state index contributed by atoms with van der Waals surface area (Å²) in [6.07, 6.45) is 5.86. The molecule has 2 aliphatic rings. The number of nitrogens with two attached hydrogens (primary N) is 1. The van der Waals surface area contributed by atoms with E-state index >= 15 is 0 Å². The number of rotatable bonds is 4. The van der Waals surface area contributed by atoms with Crippen LogP contribution >= 0.6 is 0 Å². The number of nitrogens with zero attached hydrogens (tertiary/aromatic N) is 3. The second-order valence-corrected chi connectivity index (χ2v) is 9.84. The largest absolute Gasteiger partial charge is 0.338 e. The van der Waals surface area contributed by atoms with E-state index in [1.54, 1.807) is 6.20 Å². The summed E-state index contributed by atoms with van der Waals surface area (Å²) >= 11 is 0. The van der Waals surface area contributed by atoms with Crippen molar-refractivity contribution in [3.8, 4) is 39.6 Å². The van der Waals surface area contributed by atoms with Gasteiger partial charge in [-0.25, -0.2) is 9.97 Å². The van der Waals surface area contributed by atoms with Crippen molar-refractivity contribution in [3.05, 3.63) is 102 Å². The van der Waals surface area contributed by atoms with Crippen molar-refractivity contribution in [2.24, 2.45) is 5.73 Å². The molecule has 6 nitrogen and oxygen atoms in total. The average Bonchev–Trinajstić information content (AvgIpc) is 3.26. The van der Waals surface area contributed by atoms with E-state index in [1.165, 1.54) is 6.42 Å². The van der Waals surface area contributed by atoms with E-state index in [2.05, 4.69) is 51.3 Å². The van der Waals surface area contributed by atoms with Gasteiger partial charge in [0.15, 0.2) is 5.82 Å². The van der Waals surface area contributed by atoms with Gasteiger partial charge in [0.25, 0.3) is 0 Å². The number of imidazole rings is 1. The smallest absolute Gasteiger partial charge is 0.154 e. The Morgan fingerprint density at radius 3 is 2.54 bits per heavy atom. The number of fused-ring (bicyclic) bond motifs is 5. The standard InChI is InChI=1S/C31H25N5O/c32-31(15-5-16-31)23-13-11-21(12-14-23)28-27(22-7-3-6-20(18-22)19-37)35-30-24-8-1-2-9-25(24)34-29-26(36(28)30)10-4-17-33-29/h1-4,6-14,17-19H,5,15-16,32H2,(H,33,34). The fourth-order valence-corrected chi connectivity index (χ4v) is 5.46. The molecule has 2 aromatic heterocycles. The Labute approximate surface area is 214 Å². The Balaban J connectivity index is 1.54. The van der Waals surface area contributed by atoms with Crippen molar-refractivity contribution in [2.75, 3.05) is 5.32 Å². The summed E-state index contributed by atoms with van der Waals surface area (Å²) < 4.78 is 2.18. The van der Waals surface area contributed by atoms with Crippen LogP contribution in [0.15, 0.2) is 91.1 Å². The van der Waals surface area contributed by atoms with Gasteiger partial charge in [-0.3, -0.25) is 9.36 Å². The molecule has 0 radical (unpaired) electrons. The summed E-state index contributed by atoms with van der Waals surface area (Å²) in [5.74, 6) is 1.57. The molecule has 5 aromatic rings. The highest BCUT2D eigenvalue weighted by molar-refractivity contribution is 5.91. The van der Waals surface area contributed by atoms with Crippen molar-refractivity contribution in [1.29, 1.82) is 0 Å². The summed E-state index contributed by atoms with van der Waals surface area (Å²) in [4.78, 5) is 21.5. The molecule has 0 saturated heterocycles. The lowest BCUT2D eigenvalue weighted by molar-refractivity contribution is 0.112. The first-order valence-corrected chi connectivity index (χ1v) is 12.5. The van der Waals surface area contributed by atoms with Gasteiger partial charge in [-0.2, -0.15) is 0 Å². The molecule has 1 aliphatic heterocycles. The summed E-state index contributed by atoms with van der Waals surface area (Å²) in [5, 5.41) is 3.50. The van der Waals surface area contributed by atoms with Crippen LogP contribution in [-0.4, -0.2) is 20.8 Å². The maximum atomic E-state index is 11.6. The van der Waals surface area contributed by atoms with Gasteiger partial charge in [0.2, 0.25) is 0 Å². The number of aldehydes is 1. The molecule has 0 bridgehead atoms. The molecule has 3 heterocycles. The number of benzene rings is 3. The number of carbonyl (C=O) groups is 1. The zero-order valence-corrected chi connectivity index (χ0v) is 20.2. The molecule has 0 spiro atoms. The quantitative estimate of drug-likeness (QED) is 0.281. The minimum Gasteiger partial charge on any atom is -0.338 e. The van der Waals surface area contributed by atoms with Gasteiger partial charge in [0.1, 0.15) is 12.1 Å². The minimum absolute atomic E-state index is 0.229. The second kappa shape index (κ2) is 8.25. The number of pyridine rings is 1. The molecular weight excluding hydrogens is 458 g/mol. The zero-order valence-electron chi connectivity index (χ0n) is 20.2. The van der Waals surface area contributed by atoms with E-state index in [0.717, 1.165) is 75.8 Å². The van der Waals surface area contributed by atoms with E-state index in [4.69, 9.17) is 10.7 Å². The molecule has 0 unspecified atom stereocenters. The highest BCUT2D eigenvalue weighted by Crippen LogP contribution is 2.45. The van der Waals surface area contributed by atoms with E-state index < -0.39 is 0 Å². The maximum absolute atomic E-state index is 11.6. The van der Waals surface area contributed by atoms with Gasteiger partial charge in [-0.1, -0.05) is 54.6 Å². The van der Waals surface area contributed by atoms with Gasteiger partial charge in [-0.15, -0.1) is 0 Å². The number of nitrogens with one attached hydrogen (secondary N) is 1. The van der Waals surface area contributed by atoms with E-state index in [1.807, 2.05) is 48.5 Å². The summed E-state index contributed by atoms with van der Waals surface area (Å²) in [7, 11) is 0. The highest BCUT2D eigenvalue weighted by atomic mass is 16.1. The second-order valence-electron chi connectivity index (χ2n) is 9.84. The molecule has 6 heteroatoms. The minimum atomic E-state index is -0.229. The SMILES string of the molecule is NC1(c2ccc(-c3c(-c4cccc(C=O)c4)nc4n3-c3cccnc3Nc3ccccc3-4)cc2)CCC1. The predicted molar refractivity (Wildman–Crippen MR) is 146 cm³/mol. The highest BCUT2D eigenvalue weighted by Gasteiger charge is 2.34. The van der Waals surface area contributed by atoms with Crippen LogP contribution < -0.4 is 11.1 Å². The van der Waals surface area contributed by atoms with Crippen LogP contribution in [0.25, 0.3) is 39.6 Å². The number of aromatic nitrogens is 3. The van der Waals surface area contributed by atoms with Gasteiger partial charge < -0.3 is 11.1 Å². The Kier molecular flexibility index (Phi) is 4.84. The topological polar surface area (TPSA) is 85.8 Å². The van der Waals surface area contributed by atoms with Crippen LogP contribution in [0.3, 0.4) is 0 Å². The van der Waals surface area contributed by atoms with Crippen LogP contribution in [0.1, 0.15) is 35.2 Å². The van der Waals surface area contributed by atoms with Crippen LogP contribution in [0.4, 0.5) is 11.5 Å². The van der Waals surface area contributed by atoms with Crippen molar-refractivity contribution < 1.29 is 4.79 Å². The van der Waals surface area contributed by atoms with Crippen molar-refractivity contribution in [2.45, 2.75) is 24.8 Å². The van der Waals surface area contributed by atoms with Crippen LogP contribution in [-0.2, 0) is 5.54 Å². The van der Waals surface area contributed by atoms with Crippen molar-refractivity contribution >= 4 is 17.8 Å². The third kappa shape index (κ3) is 3.41. The normalized spacial score (nSPS) is 14.8. The molecule has 3 aromatic carbocycles. The number of anilines is 2. The first-order chi connectivity index (χ1) is 18.1. The molecule has 1 aliphatic carbocycles. The van der Waals surface area contributed by atoms with Crippen LogP contribution in [0, 0.1) is 0 Å². The molecule has 37 heavy (non-hydrogen) atoms. The lowest BCUT2D eigenvalue weighted by Gasteiger charge is -2.38. The van der Waals surface area contributed by atoms with E-state index in [9.17, 15) is 4.79 Å². The number of para-hydroxylation sites is 1. The Morgan fingerprint density at radius 1 is 0.919 bits per heavy atom. The fourth-order valence-electron chi connectivity index (χ4n) is 5.46. The summed E-state index contributed by atoms with van der Waals surface area (Å²) in [6.45, 7) is 0. The summed E-state index contributed by atoms with van der Waals surface area (Å²) in [6, 6.07) is 28.3. The van der Waals surface area contributed by atoms with Crippen LogP contribution in [0.2, 0.25) is 0 Å². The molecule has 180 valence electrons. The lowest BCUT2D eigenvalue weighted by Crippen LogP contribution is -2.43. The lowest BCUT2D eigenvalue weighted by atomic mass is 9.72. The first-order valence-electron chi connectivity index (χ1n) is 12.5. The average molecular weight is 484 g/mol. The Morgan fingerprint density at radius 2 is 1.76 bits per heavy atom. The van der Waals surface area contributed by atoms with E-state index in [0.29, 0.717) is 5.56 Å². The Hall–Kier alpha value is -4.55. The van der Waals surface area contributed by atoms with Gasteiger partial charge in [0, 0.05) is 34.0 Å². The van der Waals surface area contributed by atoms with Crippen molar-refractivity contribution in [3.63, 3.8) is 0 Å². The Bertz CT molecular complexity index is 1660. The summed E-state index contributed by atoms with van der Waals surface area (Å²) in [5.41, 5.74) is 14.7. The molecule has 7 rings (SSSR count). The zero-order chi connectivity index (χ0) is 25.0. The van der Waals surface area contributed by atoms with Gasteiger partial charge >= 0.3 is 0 Å². The molecule has 1 saturated carbocycles.